The molecule has 0 heterocycles. The lowest BCUT2D eigenvalue weighted by molar-refractivity contribution is -0.385. The standard InChI is InChI=1S/C19H24N2O4/c22-17(20-11-15-3-1-2-4-16(15)21(24)25)10-18-6-13-5-14(7-18)9-19(23,8-13)12-18/h1-4,13-14,23H,5-12H2,(H,20,22). The maximum absolute atomic E-state index is 12.5. The number of benzene rings is 1. The molecular weight excluding hydrogens is 320 g/mol. The molecule has 2 unspecified atom stereocenters. The Kier molecular flexibility index (Phi) is 3.83. The van der Waals surface area contributed by atoms with Crippen LogP contribution in [0.3, 0.4) is 0 Å². The fourth-order valence-electron chi connectivity index (χ4n) is 6.04. The number of hydrogen-bond donors (Lipinski definition) is 2. The van der Waals surface area contributed by atoms with Gasteiger partial charge in [-0.1, -0.05) is 18.2 Å². The molecule has 25 heavy (non-hydrogen) atoms. The lowest BCUT2D eigenvalue weighted by Gasteiger charge is -2.60. The normalized spacial score (nSPS) is 35.6. The van der Waals surface area contributed by atoms with Gasteiger partial charge in [0.15, 0.2) is 0 Å². The van der Waals surface area contributed by atoms with Crippen molar-refractivity contribution < 1.29 is 14.8 Å². The van der Waals surface area contributed by atoms with Crippen molar-refractivity contribution >= 4 is 11.6 Å². The molecule has 6 nitrogen and oxygen atoms in total. The number of hydrogen-bond acceptors (Lipinski definition) is 4. The maximum Gasteiger partial charge on any atom is 0.274 e. The first-order valence-corrected chi connectivity index (χ1v) is 9.08. The van der Waals surface area contributed by atoms with Crippen LogP contribution in [0.25, 0.3) is 0 Å². The number of nitro groups is 1. The fraction of sp³-hybridized carbons (Fsp3) is 0.632. The third-order valence-electron chi connectivity index (χ3n) is 6.35. The Labute approximate surface area is 146 Å². The highest BCUT2D eigenvalue weighted by Crippen LogP contribution is 2.62. The lowest BCUT2D eigenvalue weighted by atomic mass is 9.47. The number of carbonyl (C=O) groups excluding carboxylic acids is 1. The zero-order chi connectivity index (χ0) is 17.7. The summed E-state index contributed by atoms with van der Waals surface area (Å²) in [7, 11) is 0. The number of nitrogens with zero attached hydrogens (tertiary/aromatic N) is 1. The first kappa shape index (κ1) is 16.5. The molecule has 2 N–H and O–H groups in total. The SMILES string of the molecule is O=C(CC12CC3CC(CC(O)(C3)C1)C2)NCc1ccccc1[N+](=O)[O-]. The second-order valence-corrected chi connectivity index (χ2v) is 8.52. The molecule has 0 aromatic heterocycles. The largest absolute Gasteiger partial charge is 0.390 e. The van der Waals surface area contributed by atoms with Crippen molar-refractivity contribution in [2.45, 2.75) is 57.1 Å². The summed E-state index contributed by atoms with van der Waals surface area (Å²) in [6.07, 6.45) is 6.19. The Morgan fingerprint density at radius 3 is 2.56 bits per heavy atom. The molecule has 4 aliphatic carbocycles. The van der Waals surface area contributed by atoms with Gasteiger partial charge in [-0.3, -0.25) is 14.9 Å². The highest BCUT2D eigenvalue weighted by molar-refractivity contribution is 5.77. The van der Waals surface area contributed by atoms with Crippen molar-refractivity contribution in [3.63, 3.8) is 0 Å². The number of para-hydroxylation sites is 1. The molecule has 0 radical (unpaired) electrons. The van der Waals surface area contributed by atoms with Crippen molar-refractivity contribution in [1.82, 2.24) is 5.32 Å². The molecular formula is C19H24N2O4. The number of rotatable bonds is 5. The summed E-state index contributed by atoms with van der Waals surface area (Å²) in [4.78, 5) is 23.2. The van der Waals surface area contributed by atoms with Gasteiger partial charge in [-0.15, -0.1) is 0 Å². The van der Waals surface area contributed by atoms with E-state index in [1.165, 1.54) is 12.5 Å². The van der Waals surface area contributed by atoms with Crippen LogP contribution in [0.15, 0.2) is 24.3 Å². The van der Waals surface area contributed by atoms with Crippen LogP contribution in [0.2, 0.25) is 0 Å². The predicted molar refractivity (Wildman–Crippen MR) is 91.6 cm³/mol. The van der Waals surface area contributed by atoms with E-state index in [1.807, 2.05) is 0 Å². The maximum atomic E-state index is 12.5. The average Bonchev–Trinajstić information content (AvgIpc) is 2.50. The number of nitrogens with one attached hydrogen (secondary N) is 1. The minimum atomic E-state index is -0.567. The van der Waals surface area contributed by atoms with Crippen molar-refractivity contribution in [2.75, 3.05) is 0 Å². The van der Waals surface area contributed by atoms with Crippen LogP contribution in [0.1, 0.15) is 50.5 Å². The van der Waals surface area contributed by atoms with Gasteiger partial charge in [-0.05, 0) is 55.8 Å². The van der Waals surface area contributed by atoms with Crippen LogP contribution in [0.4, 0.5) is 5.69 Å². The Balaban J connectivity index is 1.41. The summed E-state index contributed by atoms with van der Waals surface area (Å²) >= 11 is 0. The van der Waals surface area contributed by atoms with E-state index in [0.29, 0.717) is 23.8 Å². The zero-order valence-electron chi connectivity index (χ0n) is 14.2. The van der Waals surface area contributed by atoms with Gasteiger partial charge in [0.05, 0.1) is 10.5 Å². The number of nitro benzene ring substituents is 1. The molecule has 4 bridgehead atoms. The van der Waals surface area contributed by atoms with Crippen molar-refractivity contribution in [3.8, 4) is 0 Å². The van der Waals surface area contributed by atoms with Gasteiger partial charge in [0.25, 0.3) is 5.69 Å². The molecule has 0 saturated heterocycles. The van der Waals surface area contributed by atoms with Crippen molar-refractivity contribution in [1.29, 1.82) is 0 Å². The van der Waals surface area contributed by atoms with E-state index < -0.39 is 10.5 Å². The van der Waals surface area contributed by atoms with Gasteiger partial charge in [0.1, 0.15) is 0 Å². The molecule has 0 spiro atoms. The van der Waals surface area contributed by atoms with E-state index in [-0.39, 0.29) is 23.6 Å². The fourth-order valence-corrected chi connectivity index (χ4v) is 6.04. The van der Waals surface area contributed by atoms with E-state index in [0.717, 1.165) is 32.1 Å². The Bertz CT molecular complexity index is 703. The Morgan fingerprint density at radius 1 is 1.24 bits per heavy atom. The van der Waals surface area contributed by atoms with Crippen LogP contribution < -0.4 is 5.32 Å². The number of amides is 1. The highest BCUT2D eigenvalue weighted by Gasteiger charge is 2.57. The van der Waals surface area contributed by atoms with E-state index >= 15 is 0 Å². The van der Waals surface area contributed by atoms with E-state index in [2.05, 4.69) is 5.32 Å². The second-order valence-electron chi connectivity index (χ2n) is 8.52. The highest BCUT2D eigenvalue weighted by atomic mass is 16.6. The minimum absolute atomic E-state index is 0.0342. The molecule has 4 fully saturated rings. The molecule has 1 aromatic rings. The summed E-state index contributed by atoms with van der Waals surface area (Å²) in [6, 6.07) is 6.49. The molecule has 1 aromatic carbocycles. The topological polar surface area (TPSA) is 92.5 Å². The molecule has 2 atom stereocenters. The quantitative estimate of drug-likeness (QED) is 0.634. The van der Waals surface area contributed by atoms with Crippen LogP contribution in [0, 0.1) is 27.4 Å². The average molecular weight is 344 g/mol. The summed E-state index contributed by atoms with van der Waals surface area (Å²) in [5, 5.41) is 24.7. The summed E-state index contributed by atoms with van der Waals surface area (Å²) in [6.45, 7) is 0.170. The third kappa shape index (κ3) is 3.15. The van der Waals surface area contributed by atoms with Crippen molar-refractivity contribution in [2.24, 2.45) is 17.3 Å². The minimum Gasteiger partial charge on any atom is -0.390 e. The number of aliphatic hydroxyl groups is 1. The van der Waals surface area contributed by atoms with Gasteiger partial charge in [0.2, 0.25) is 5.91 Å². The number of carbonyl (C=O) groups is 1. The van der Waals surface area contributed by atoms with E-state index in [9.17, 15) is 20.0 Å². The Hall–Kier alpha value is -1.95. The first-order chi connectivity index (χ1) is 11.9. The third-order valence-corrected chi connectivity index (χ3v) is 6.35. The van der Waals surface area contributed by atoms with E-state index in [1.54, 1.807) is 18.2 Å². The Morgan fingerprint density at radius 2 is 1.92 bits per heavy atom. The zero-order valence-corrected chi connectivity index (χ0v) is 14.2. The smallest absolute Gasteiger partial charge is 0.274 e. The van der Waals surface area contributed by atoms with Gasteiger partial charge >= 0.3 is 0 Å². The molecule has 6 heteroatoms. The summed E-state index contributed by atoms with van der Waals surface area (Å²) < 4.78 is 0. The second kappa shape index (κ2) is 5.80. The summed E-state index contributed by atoms with van der Waals surface area (Å²) in [5.74, 6) is 1.03. The molecule has 5 rings (SSSR count). The van der Waals surface area contributed by atoms with Crippen LogP contribution in [-0.2, 0) is 11.3 Å². The van der Waals surface area contributed by atoms with Crippen LogP contribution >= 0.6 is 0 Å². The van der Waals surface area contributed by atoms with Crippen LogP contribution in [-0.4, -0.2) is 21.5 Å². The van der Waals surface area contributed by atoms with Gasteiger partial charge < -0.3 is 10.4 Å². The van der Waals surface area contributed by atoms with E-state index in [4.69, 9.17) is 0 Å². The van der Waals surface area contributed by atoms with Crippen LogP contribution in [0.5, 0.6) is 0 Å². The van der Waals surface area contributed by atoms with Crippen molar-refractivity contribution in [3.05, 3.63) is 39.9 Å². The molecule has 4 aliphatic rings. The molecule has 134 valence electrons. The first-order valence-electron chi connectivity index (χ1n) is 9.08. The molecule has 1 amide bonds. The lowest BCUT2D eigenvalue weighted by Crippen LogP contribution is -2.56. The molecule has 0 aliphatic heterocycles. The van der Waals surface area contributed by atoms with Gasteiger partial charge in [-0.2, -0.15) is 0 Å². The predicted octanol–water partition coefficient (Wildman–Crippen LogP) is 2.93. The molecule has 4 saturated carbocycles. The van der Waals surface area contributed by atoms with Gasteiger partial charge in [-0.25, -0.2) is 0 Å². The van der Waals surface area contributed by atoms with Gasteiger partial charge in [0, 0.05) is 24.6 Å². The summed E-state index contributed by atoms with van der Waals surface area (Å²) in [5.41, 5.74) is -0.0920. The monoisotopic (exact) mass is 344 g/mol.